The number of carbonyl (C=O) groups is 1. The van der Waals surface area contributed by atoms with Crippen LogP contribution in [-0.2, 0) is 11.3 Å². The van der Waals surface area contributed by atoms with Crippen LogP contribution >= 0.6 is 11.3 Å². The first-order valence-corrected chi connectivity index (χ1v) is 10.6. The molecule has 7 heteroatoms. The van der Waals surface area contributed by atoms with Gasteiger partial charge in [0.2, 0.25) is 5.91 Å². The molecule has 0 saturated carbocycles. The van der Waals surface area contributed by atoms with Gasteiger partial charge in [-0.25, -0.2) is 4.98 Å². The topological polar surface area (TPSA) is 64.6 Å². The van der Waals surface area contributed by atoms with Crippen molar-refractivity contribution in [2.45, 2.75) is 20.4 Å². The number of nitrogens with zero attached hydrogens (tertiary/aromatic N) is 3. The van der Waals surface area contributed by atoms with Crippen molar-refractivity contribution in [3.8, 4) is 22.8 Å². The van der Waals surface area contributed by atoms with Crippen molar-refractivity contribution in [1.29, 1.82) is 0 Å². The fourth-order valence-electron chi connectivity index (χ4n) is 3.42. The highest BCUT2D eigenvalue weighted by Gasteiger charge is 2.23. The summed E-state index contributed by atoms with van der Waals surface area (Å²) in [5, 5.41) is 1.99. The Morgan fingerprint density at radius 2 is 2.20 bits per heavy atom. The zero-order chi connectivity index (χ0) is 21.1. The van der Waals surface area contributed by atoms with Gasteiger partial charge in [0.25, 0.3) is 0 Å². The monoisotopic (exact) mass is 421 g/mol. The van der Waals surface area contributed by atoms with Gasteiger partial charge in [0.1, 0.15) is 6.61 Å². The molecule has 6 nitrogen and oxygen atoms in total. The number of thiophene rings is 1. The van der Waals surface area contributed by atoms with E-state index < -0.39 is 0 Å². The molecule has 1 aliphatic heterocycles. The molecule has 0 fully saturated rings. The number of benzene rings is 1. The number of carbonyl (C=O) groups excluding carboxylic acids is 1. The maximum atomic E-state index is 12.8. The van der Waals surface area contributed by atoms with E-state index in [9.17, 15) is 4.79 Å². The first-order chi connectivity index (χ1) is 14.5. The van der Waals surface area contributed by atoms with E-state index in [4.69, 9.17) is 9.47 Å². The lowest BCUT2D eigenvalue weighted by atomic mass is 10.0. The molecular weight excluding hydrogens is 398 g/mol. The SMILES string of the molecule is COc1cc(-c2nc(C)cnc2C)cc2c1OCCN(C(=O)/C=C/c1cccs1)C2. The van der Waals surface area contributed by atoms with E-state index in [1.54, 1.807) is 35.6 Å². The Kier molecular flexibility index (Phi) is 5.81. The third-order valence-electron chi connectivity index (χ3n) is 4.91. The molecule has 1 aliphatic rings. The van der Waals surface area contributed by atoms with Gasteiger partial charge in [-0.2, -0.15) is 0 Å². The molecular formula is C23H23N3O3S. The molecule has 0 saturated heterocycles. The summed E-state index contributed by atoms with van der Waals surface area (Å²) in [6.07, 6.45) is 5.22. The lowest BCUT2D eigenvalue weighted by Crippen LogP contribution is -2.30. The molecule has 0 spiro atoms. The Balaban J connectivity index is 1.68. The molecule has 0 bridgehead atoms. The van der Waals surface area contributed by atoms with Crippen LogP contribution in [0.5, 0.6) is 11.5 Å². The zero-order valence-corrected chi connectivity index (χ0v) is 18.0. The standard InChI is InChI=1S/C23H23N3O3S/c1-15-13-24-16(2)22(25-15)17-11-18-14-26(8-9-29-23(18)20(12-17)28-3)21(27)7-6-19-5-4-10-30-19/h4-7,10-13H,8-9,14H2,1-3H3/b7-6+. The quantitative estimate of drug-likeness (QED) is 0.589. The molecule has 1 amide bonds. The summed E-state index contributed by atoms with van der Waals surface area (Å²) in [6.45, 7) is 5.20. The second-order valence-corrected chi connectivity index (χ2v) is 8.05. The number of ether oxygens (including phenoxy) is 2. The van der Waals surface area contributed by atoms with Crippen molar-refractivity contribution in [3.05, 3.63) is 63.7 Å². The van der Waals surface area contributed by atoms with Gasteiger partial charge in [-0.1, -0.05) is 6.07 Å². The average Bonchev–Trinajstić information content (AvgIpc) is 3.17. The van der Waals surface area contributed by atoms with Crippen molar-refractivity contribution in [3.63, 3.8) is 0 Å². The third kappa shape index (κ3) is 4.21. The molecule has 0 atom stereocenters. The van der Waals surface area contributed by atoms with Crippen molar-refractivity contribution < 1.29 is 14.3 Å². The average molecular weight is 422 g/mol. The summed E-state index contributed by atoms with van der Waals surface area (Å²) in [7, 11) is 1.62. The number of aryl methyl sites for hydroxylation is 2. The molecule has 30 heavy (non-hydrogen) atoms. The van der Waals surface area contributed by atoms with Crippen LogP contribution in [0.2, 0.25) is 0 Å². The Bertz CT molecular complexity index is 1090. The molecule has 1 aromatic carbocycles. The Morgan fingerprint density at radius 3 is 2.97 bits per heavy atom. The lowest BCUT2D eigenvalue weighted by molar-refractivity contribution is -0.126. The van der Waals surface area contributed by atoms with Crippen LogP contribution in [0.4, 0.5) is 0 Å². The van der Waals surface area contributed by atoms with Gasteiger partial charge in [-0.3, -0.25) is 9.78 Å². The van der Waals surface area contributed by atoms with E-state index in [0.29, 0.717) is 31.2 Å². The van der Waals surface area contributed by atoms with Crippen LogP contribution in [-0.4, -0.2) is 41.0 Å². The Labute approximate surface area is 179 Å². The highest BCUT2D eigenvalue weighted by Crippen LogP contribution is 2.38. The number of amides is 1. The maximum absolute atomic E-state index is 12.8. The van der Waals surface area contributed by atoms with Crippen LogP contribution in [0.1, 0.15) is 21.8 Å². The summed E-state index contributed by atoms with van der Waals surface area (Å²) >= 11 is 1.60. The molecule has 0 N–H and O–H groups in total. The van der Waals surface area contributed by atoms with E-state index in [-0.39, 0.29) is 5.91 Å². The van der Waals surface area contributed by atoms with Crippen molar-refractivity contribution >= 4 is 23.3 Å². The van der Waals surface area contributed by atoms with E-state index in [0.717, 1.165) is 33.1 Å². The fraction of sp³-hybridized carbons (Fsp3) is 0.261. The second-order valence-electron chi connectivity index (χ2n) is 7.07. The Hall–Kier alpha value is -3.19. The van der Waals surface area contributed by atoms with Gasteiger partial charge in [-0.15, -0.1) is 11.3 Å². The molecule has 3 aromatic rings. The van der Waals surface area contributed by atoms with Gasteiger partial charge in [0, 0.05) is 34.8 Å². The highest BCUT2D eigenvalue weighted by molar-refractivity contribution is 7.10. The Morgan fingerprint density at radius 1 is 1.33 bits per heavy atom. The molecule has 2 aromatic heterocycles. The zero-order valence-electron chi connectivity index (χ0n) is 17.2. The molecule has 4 rings (SSSR count). The van der Waals surface area contributed by atoms with Crippen LogP contribution in [0.15, 0.2) is 41.9 Å². The highest BCUT2D eigenvalue weighted by atomic mass is 32.1. The van der Waals surface area contributed by atoms with Crippen molar-refractivity contribution in [1.82, 2.24) is 14.9 Å². The number of rotatable bonds is 4. The van der Waals surface area contributed by atoms with Crippen LogP contribution in [0.25, 0.3) is 17.3 Å². The van der Waals surface area contributed by atoms with E-state index in [2.05, 4.69) is 9.97 Å². The number of methoxy groups -OCH3 is 1. The summed E-state index contributed by atoms with van der Waals surface area (Å²) in [5.74, 6) is 1.27. The first-order valence-electron chi connectivity index (χ1n) is 9.70. The minimum atomic E-state index is -0.0456. The first kappa shape index (κ1) is 20.1. The number of hydrogen-bond donors (Lipinski definition) is 0. The third-order valence-corrected chi connectivity index (χ3v) is 5.75. The molecule has 154 valence electrons. The molecule has 0 radical (unpaired) electrons. The van der Waals surface area contributed by atoms with E-state index >= 15 is 0 Å². The summed E-state index contributed by atoms with van der Waals surface area (Å²) < 4.78 is 11.6. The van der Waals surface area contributed by atoms with Gasteiger partial charge < -0.3 is 14.4 Å². The second kappa shape index (κ2) is 8.67. The van der Waals surface area contributed by atoms with Gasteiger partial charge in [0.15, 0.2) is 11.5 Å². The van der Waals surface area contributed by atoms with Crippen LogP contribution in [0.3, 0.4) is 0 Å². The van der Waals surface area contributed by atoms with Gasteiger partial charge >= 0.3 is 0 Å². The van der Waals surface area contributed by atoms with Crippen LogP contribution in [0, 0.1) is 13.8 Å². The number of hydrogen-bond acceptors (Lipinski definition) is 6. The minimum Gasteiger partial charge on any atom is -0.493 e. The number of aromatic nitrogens is 2. The normalized spacial score (nSPS) is 13.6. The van der Waals surface area contributed by atoms with Crippen LogP contribution < -0.4 is 9.47 Å². The fourth-order valence-corrected chi connectivity index (χ4v) is 4.03. The summed E-state index contributed by atoms with van der Waals surface area (Å²) in [5.41, 5.74) is 4.27. The summed E-state index contributed by atoms with van der Waals surface area (Å²) in [4.78, 5) is 24.7. The largest absolute Gasteiger partial charge is 0.493 e. The van der Waals surface area contributed by atoms with Crippen molar-refractivity contribution in [2.24, 2.45) is 0 Å². The maximum Gasteiger partial charge on any atom is 0.247 e. The lowest BCUT2D eigenvalue weighted by Gasteiger charge is -2.18. The van der Waals surface area contributed by atoms with Crippen molar-refractivity contribution in [2.75, 3.05) is 20.3 Å². The number of fused-ring (bicyclic) bond motifs is 1. The predicted octanol–water partition coefficient (Wildman–Crippen LogP) is 4.26. The minimum absolute atomic E-state index is 0.0456. The summed E-state index contributed by atoms with van der Waals surface area (Å²) in [6, 6.07) is 7.89. The molecule has 0 unspecified atom stereocenters. The van der Waals surface area contributed by atoms with E-state index in [1.807, 2.05) is 49.6 Å². The molecule has 3 heterocycles. The van der Waals surface area contributed by atoms with Gasteiger partial charge in [0.05, 0.1) is 30.7 Å². The molecule has 0 aliphatic carbocycles. The smallest absolute Gasteiger partial charge is 0.247 e. The van der Waals surface area contributed by atoms with Gasteiger partial charge in [-0.05, 0) is 43.5 Å². The predicted molar refractivity (Wildman–Crippen MR) is 118 cm³/mol. The van der Waals surface area contributed by atoms with E-state index in [1.165, 1.54) is 0 Å².